The van der Waals surface area contributed by atoms with Crippen molar-refractivity contribution < 1.29 is 29.0 Å². The number of alkyl carbamates (subject to hydrolysis) is 1. The van der Waals surface area contributed by atoms with Gasteiger partial charge in [-0.05, 0) is 48.8 Å². The number of carbonyl (C=O) groups is 4. The summed E-state index contributed by atoms with van der Waals surface area (Å²) in [4.78, 5) is 51.2. The van der Waals surface area contributed by atoms with Crippen LogP contribution in [0, 0.1) is 11.8 Å². The van der Waals surface area contributed by atoms with Crippen molar-refractivity contribution in [2.24, 2.45) is 17.6 Å². The summed E-state index contributed by atoms with van der Waals surface area (Å²) in [6, 6.07) is 25.2. The van der Waals surface area contributed by atoms with Gasteiger partial charge < -0.3 is 31.5 Å². The van der Waals surface area contributed by atoms with Gasteiger partial charge in [-0.25, -0.2) is 4.79 Å². The van der Waals surface area contributed by atoms with Crippen LogP contribution in [-0.4, -0.2) is 53.2 Å². The molecule has 240 valence electrons. The van der Waals surface area contributed by atoms with E-state index in [2.05, 4.69) is 16.0 Å². The summed E-state index contributed by atoms with van der Waals surface area (Å²) in [6.45, 7) is 5.14. The normalized spacial score (nSPS) is 14.3. The lowest BCUT2D eigenvalue weighted by Gasteiger charge is -2.29. The van der Waals surface area contributed by atoms with E-state index in [1.807, 2.05) is 91.0 Å². The molecule has 3 aromatic carbocycles. The molecule has 0 aromatic heterocycles. The lowest BCUT2D eigenvalue weighted by molar-refractivity contribution is -0.131. The Bertz CT molecular complexity index is 1370. The van der Waals surface area contributed by atoms with E-state index in [1.165, 1.54) is 6.92 Å². The van der Waals surface area contributed by atoms with Gasteiger partial charge >= 0.3 is 6.09 Å². The van der Waals surface area contributed by atoms with Crippen LogP contribution < -0.4 is 21.7 Å². The second-order valence-electron chi connectivity index (χ2n) is 11.6. The molecule has 0 aliphatic heterocycles. The quantitative estimate of drug-likeness (QED) is 0.166. The van der Waals surface area contributed by atoms with E-state index >= 15 is 0 Å². The molecule has 0 radical (unpaired) electrons. The highest BCUT2D eigenvalue weighted by atomic mass is 16.5. The number of aliphatic hydroxyl groups excluding tert-OH is 1. The number of hydrogen-bond acceptors (Lipinski definition) is 6. The maximum Gasteiger partial charge on any atom is 0.408 e. The highest BCUT2D eigenvalue weighted by molar-refractivity contribution is 5.88. The van der Waals surface area contributed by atoms with Gasteiger partial charge in [-0.1, -0.05) is 105 Å². The van der Waals surface area contributed by atoms with E-state index in [0.29, 0.717) is 6.42 Å². The van der Waals surface area contributed by atoms with Gasteiger partial charge in [-0.15, -0.1) is 0 Å². The van der Waals surface area contributed by atoms with E-state index < -0.39 is 54.0 Å². The number of aliphatic hydroxyl groups is 1. The fourth-order valence-electron chi connectivity index (χ4n) is 4.94. The van der Waals surface area contributed by atoms with Gasteiger partial charge in [-0.3, -0.25) is 14.4 Å². The van der Waals surface area contributed by atoms with Crippen molar-refractivity contribution in [1.82, 2.24) is 16.0 Å². The number of nitrogens with two attached hydrogens (primary N) is 1. The summed E-state index contributed by atoms with van der Waals surface area (Å²) < 4.78 is 5.24. The van der Waals surface area contributed by atoms with E-state index in [0.717, 1.165) is 16.7 Å². The monoisotopic (exact) mass is 616 g/mol. The van der Waals surface area contributed by atoms with Crippen LogP contribution in [0.4, 0.5) is 4.79 Å². The molecule has 0 aliphatic rings. The molecule has 6 N–H and O–H groups in total. The molecule has 5 atom stereocenters. The minimum atomic E-state index is -1.16. The average Bonchev–Trinajstić information content (AvgIpc) is 3.03. The van der Waals surface area contributed by atoms with Gasteiger partial charge in [-0.2, -0.15) is 0 Å². The number of hydrogen-bond donors (Lipinski definition) is 5. The van der Waals surface area contributed by atoms with Crippen molar-refractivity contribution in [3.8, 4) is 0 Å². The molecule has 0 saturated carbocycles. The first-order chi connectivity index (χ1) is 21.5. The zero-order valence-corrected chi connectivity index (χ0v) is 26.0. The van der Waals surface area contributed by atoms with Crippen molar-refractivity contribution in [2.75, 3.05) is 0 Å². The number of primary amides is 1. The molecule has 0 saturated heterocycles. The molecule has 0 unspecified atom stereocenters. The third kappa shape index (κ3) is 11.7. The first-order valence-corrected chi connectivity index (χ1v) is 15.2. The largest absolute Gasteiger partial charge is 0.445 e. The molecule has 4 amide bonds. The van der Waals surface area contributed by atoms with Gasteiger partial charge in [0, 0.05) is 5.92 Å². The molecule has 3 aromatic rings. The van der Waals surface area contributed by atoms with Gasteiger partial charge in [0.15, 0.2) is 0 Å². The van der Waals surface area contributed by atoms with E-state index in [4.69, 9.17) is 10.5 Å². The van der Waals surface area contributed by atoms with Crippen LogP contribution >= 0.6 is 0 Å². The minimum absolute atomic E-state index is 0.0109. The summed E-state index contributed by atoms with van der Waals surface area (Å²) >= 11 is 0. The second kappa shape index (κ2) is 17.6. The molecule has 0 heterocycles. The van der Waals surface area contributed by atoms with E-state index in [1.54, 1.807) is 13.8 Å². The SMILES string of the molecule is CC(C)[C@H](NC(=O)[C@H](Cc1ccccc1)C[C@H](O)[C@H](Cc1ccccc1)NC(=O)[C@H](C)NC(=O)OCc1ccccc1)C(N)=O. The highest BCUT2D eigenvalue weighted by Crippen LogP contribution is 2.20. The smallest absolute Gasteiger partial charge is 0.408 e. The van der Waals surface area contributed by atoms with Gasteiger partial charge in [0.05, 0.1) is 12.1 Å². The molecule has 45 heavy (non-hydrogen) atoms. The van der Waals surface area contributed by atoms with Crippen molar-refractivity contribution in [1.29, 1.82) is 0 Å². The summed E-state index contributed by atoms with van der Waals surface area (Å²) in [5.74, 6) is -2.55. The maximum atomic E-state index is 13.5. The third-order valence-corrected chi connectivity index (χ3v) is 7.52. The summed E-state index contributed by atoms with van der Waals surface area (Å²) in [5, 5.41) is 19.7. The molecule has 10 nitrogen and oxygen atoms in total. The predicted molar refractivity (Wildman–Crippen MR) is 172 cm³/mol. The van der Waals surface area contributed by atoms with Crippen LogP contribution in [0.1, 0.15) is 43.9 Å². The Balaban J connectivity index is 1.74. The average molecular weight is 617 g/mol. The Morgan fingerprint density at radius 2 is 1.22 bits per heavy atom. The molecule has 3 rings (SSSR count). The summed E-state index contributed by atoms with van der Waals surface area (Å²) in [6.07, 6.45) is -1.35. The number of amides is 4. The number of benzene rings is 3. The molecular weight excluding hydrogens is 572 g/mol. The van der Waals surface area contributed by atoms with Crippen molar-refractivity contribution in [3.05, 3.63) is 108 Å². The Morgan fingerprint density at radius 3 is 1.73 bits per heavy atom. The lowest BCUT2D eigenvalue weighted by Crippen LogP contribution is -2.53. The molecule has 0 spiro atoms. The van der Waals surface area contributed by atoms with Gasteiger partial charge in [0.25, 0.3) is 0 Å². The number of carbonyl (C=O) groups excluding carboxylic acids is 4. The second-order valence-corrected chi connectivity index (χ2v) is 11.6. The van der Waals surface area contributed by atoms with Gasteiger partial charge in [0.2, 0.25) is 17.7 Å². The zero-order chi connectivity index (χ0) is 32.8. The van der Waals surface area contributed by atoms with Crippen molar-refractivity contribution in [2.45, 2.75) is 70.9 Å². The van der Waals surface area contributed by atoms with Crippen LogP contribution in [0.5, 0.6) is 0 Å². The molecule has 0 bridgehead atoms. The van der Waals surface area contributed by atoms with E-state index in [-0.39, 0.29) is 25.4 Å². The lowest BCUT2D eigenvalue weighted by atomic mass is 9.88. The highest BCUT2D eigenvalue weighted by Gasteiger charge is 2.32. The first-order valence-electron chi connectivity index (χ1n) is 15.2. The summed E-state index contributed by atoms with van der Waals surface area (Å²) in [7, 11) is 0. The number of ether oxygens (including phenoxy) is 1. The van der Waals surface area contributed by atoms with Crippen LogP contribution in [0.25, 0.3) is 0 Å². The first kappa shape index (κ1) is 34.8. The number of nitrogens with one attached hydrogen (secondary N) is 3. The zero-order valence-electron chi connectivity index (χ0n) is 26.0. The Kier molecular flexibility index (Phi) is 13.6. The Hall–Kier alpha value is -4.70. The molecular formula is C35H44N4O6. The van der Waals surface area contributed by atoms with Crippen LogP contribution in [0.15, 0.2) is 91.0 Å². The van der Waals surface area contributed by atoms with Crippen molar-refractivity contribution >= 4 is 23.8 Å². The number of rotatable bonds is 16. The fourth-order valence-corrected chi connectivity index (χ4v) is 4.94. The topological polar surface area (TPSA) is 160 Å². The maximum absolute atomic E-state index is 13.5. The van der Waals surface area contributed by atoms with E-state index in [9.17, 15) is 24.3 Å². The third-order valence-electron chi connectivity index (χ3n) is 7.52. The molecule has 0 fully saturated rings. The minimum Gasteiger partial charge on any atom is -0.445 e. The standard InChI is InChI=1S/C35H44N4O6/c1-23(2)31(32(36)41)39-34(43)28(19-25-13-7-4-8-14-25)21-30(40)29(20-26-15-9-5-10-16-26)38-33(42)24(3)37-35(44)45-22-27-17-11-6-12-18-27/h4-18,23-24,28-31,40H,19-22H2,1-3H3,(H2,36,41)(H,37,44)(H,38,42)(H,39,43)/t24-,28+,29-,30-,31-/m0/s1. The Labute approximate surface area is 264 Å². The van der Waals surface area contributed by atoms with Crippen molar-refractivity contribution in [3.63, 3.8) is 0 Å². The van der Waals surface area contributed by atoms with Crippen LogP contribution in [-0.2, 0) is 38.6 Å². The van der Waals surface area contributed by atoms with Crippen LogP contribution in [0.2, 0.25) is 0 Å². The van der Waals surface area contributed by atoms with Crippen LogP contribution in [0.3, 0.4) is 0 Å². The molecule has 0 aliphatic carbocycles. The summed E-state index contributed by atoms with van der Waals surface area (Å²) in [5.41, 5.74) is 8.10. The molecule has 10 heteroatoms. The van der Waals surface area contributed by atoms with Gasteiger partial charge in [0.1, 0.15) is 18.7 Å². The fraction of sp³-hybridized carbons (Fsp3) is 0.371. The Morgan fingerprint density at radius 1 is 0.711 bits per heavy atom. The predicted octanol–water partition coefficient (Wildman–Crippen LogP) is 3.26.